The maximum atomic E-state index is 10.7. The molecule has 23 heavy (non-hydrogen) atoms. The second-order valence-corrected chi connectivity index (χ2v) is 5.85. The van der Waals surface area contributed by atoms with E-state index >= 15 is 0 Å². The largest absolute Gasteiger partial charge is 0.506 e. The number of unbranched alkanes of at least 4 members (excludes halogenated alkanes) is 1. The van der Waals surface area contributed by atoms with E-state index in [9.17, 15) is 14.7 Å². The van der Waals surface area contributed by atoms with Gasteiger partial charge in [0, 0.05) is 24.8 Å². The van der Waals surface area contributed by atoms with Gasteiger partial charge in [-0.3, -0.25) is 4.79 Å². The molecule has 0 bridgehead atoms. The van der Waals surface area contributed by atoms with Crippen LogP contribution in [-0.4, -0.2) is 58.2 Å². The van der Waals surface area contributed by atoms with E-state index in [4.69, 9.17) is 5.11 Å². The Morgan fingerprint density at radius 1 is 1.35 bits per heavy atom. The minimum Gasteiger partial charge on any atom is -0.506 e. The molecule has 2 heterocycles. The Morgan fingerprint density at radius 3 is 2.74 bits per heavy atom. The van der Waals surface area contributed by atoms with E-state index in [0.717, 1.165) is 57.4 Å². The van der Waals surface area contributed by atoms with Gasteiger partial charge in [-0.15, -0.1) is 0 Å². The third kappa shape index (κ3) is 5.52. The molecule has 1 aromatic rings. The number of aromatic hydroxyl groups is 1. The molecule has 1 saturated heterocycles. The first-order valence-electron chi connectivity index (χ1n) is 7.94. The number of piperidine rings is 1. The molecule has 0 spiro atoms. The number of carboxylic acid groups (broad SMARTS) is 1. The minimum absolute atomic E-state index is 0.0757. The Hall–Kier alpha value is -2.15. The van der Waals surface area contributed by atoms with Crippen LogP contribution >= 0.6 is 0 Å². The van der Waals surface area contributed by atoms with Gasteiger partial charge in [0.25, 0.3) is 0 Å². The summed E-state index contributed by atoms with van der Waals surface area (Å²) in [5.41, 5.74) is 0.907. The fourth-order valence-corrected chi connectivity index (χ4v) is 2.85. The lowest BCUT2D eigenvalue weighted by atomic mass is 10.0. The molecule has 7 heteroatoms. The highest BCUT2D eigenvalue weighted by atomic mass is 16.4. The van der Waals surface area contributed by atoms with Crippen LogP contribution in [0.3, 0.4) is 0 Å². The number of aromatic nitrogens is 1. The van der Waals surface area contributed by atoms with Crippen LogP contribution in [0.1, 0.15) is 41.9 Å². The molecule has 0 saturated carbocycles. The summed E-state index contributed by atoms with van der Waals surface area (Å²) in [4.78, 5) is 27.8. The van der Waals surface area contributed by atoms with E-state index in [1.54, 1.807) is 6.07 Å². The van der Waals surface area contributed by atoms with Crippen LogP contribution in [0.5, 0.6) is 5.75 Å². The molecule has 1 aliphatic heterocycles. The van der Waals surface area contributed by atoms with Crippen molar-refractivity contribution in [3.63, 3.8) is 0 Å². The summed E-state index contributed by atoms with van der Waals surface area (Å²) in [6.07, 6.45) is 4.09. The molecule has 0 aromatic carbocycles. The quantitative estimate of drug-likeness (QED) is 0.521. The SMILES string of the molecule is O=Cc1nc(CCCCN2CCC(NC(=O)O)CC2)ccc1O. The van der Waals surface area contributed by atoms with Crippen molar-refractivity contribution in [1.29, 1.82) is 0 Å². The predicted molar refractivity (Wildman–Crippen MR) is 84.8 cm³/mol. The van der Waals surface area contributed by atoms with Gasteiger partial charge in [-0.25, -0.2) is 9.78 Å². The number of nitrogens with one attached hydrogen (secondary N) is 1. The van der Waals surface area contributed by atoms with E-state index in [1.807, 2.05) is 0 Å². The van der Waals surface area contributed by atoms with Crippen molar-refractivity contribution in [2.24, 2.45) is 0 Å². The zero-order valence-electron chi connectivity index (χ0n) is 13.1. The van der Waals surface area contributed by atoms with Crippen molar-refractivity contribution < 1.29 is 19.8 Å². The third-order valence-electron chi connectivity index (χ3n) is 4.14. The zero-order chi connectivity index (χ0) is 16.7. The lowest BCUT2D eigenvalue weighted by Crippen LogP contribution is -2.44. The van der Waals surface area contributed by atoms with E-state index in [-0.39, 0.29) is 17.5 Å². The summed E-state index contributed by atoms with van der Waals surface area (Å²) in [5, 5.41) is 20.6. The van der Waals surface area contributed by atoms with Crippen LogP contribution in [-0.2, 0) is 6.42 Å². The van der Waals surface area contributed by atoms with Crippen LogP contribution in [0.25, 0.3) is 0 Å². The van der Waals surface area contributed by atoms with Crippen molar-refractivity contribution in [3.05, 3.63) is 23.5 Å². The minimum atomic E-state index is -0.945. The van der Waals surface area contributed by atoms with Crippen molar-refractivity contribution in [3.8, 4) is 5.75 Å². The molecule has 0 aliphatic carbocycles. The summed E-state index contributed by atoms with van der Waals surface area (Å²) in [6, 6.07) is 3.32. The van der Waals surface area contributed by atoms with Gasteiger partial charge >= 0.3 is 6.09 Å². The second kappa shape index (κ2) is 8.47. The fraction of sp³-hybridized carbons (Fsp3) is 0.562. The van der Waals surface area contributed by atoms with E-state index < -0.39 is 6.09 Å². The van der Waals surface area contributed by atoms with Crippen LogP contribution in [0, 0.1) is 0 Å². The monoisotopic (exact) mass is 321 g/mol. The fourth-order valence-electron chi connectivity index (χ4n) is 2.85. The Balaban J connectivity index is 1.64. The zero-order valence-corrected chi connectivity index (χ0v) is 13.1. The summed E-state index contributed by atoms with van der Waals surface area (Å²) >= 11 is 0. The molecule has 1 fully saturated rings. The number of nitrogens with zero attached hydrogens (tertiary/aromatic N) is 2. The molecule has 1 aliphatic rings. The molecule has 0 radical (unpaired) electrons. The molecular formula is C16H23N3O4. The van der Waals surface area contributed by atoms with Gasteiger partial charge in [-0.1, -0.05) is 0 Å². The molecule has 126 valence electrons. The van der Waals surface area contributed by atoms with Gasteiger partial charge in [0.1, 0.15) is 11.4 Å². The number of hydrogen-bond acceptors (Lipinski definition) is 5. The van der Waals surface area contributed by atoms with E-state index in [2.05, 4.69) is 15.2 Å². The van der Waals surface area contributed by atoms with Gasteiger partial charge in [0.05, 0.1) is 0 Å². The molecule has 0 unspecified atom stereocenters. The van der Waals surface area contributed by atoms with Gasteiger partial charge in [0.2, 0.25) is 0 Å². The van der Waals surface area contributed by atoms with Crippen LogP contribution in [0.2, 0.25) is 0 Å². The van der Waals surface area contributed by atoms with Crippen LogP contribution in [0.4, 0.5) is 4.79 Å². The summed E-state index contributed by atoms with van der Waals surface area (Å²) in [6.45, 7) is 2.81. The number of hydrogen-bond donors (Lipinski definition) is 3. The number of pyridine rings is 1. The van der Waals surface area contributed by atoms with Crippen LogP contribution in [0.15, 0.2) is 12.1 Å². The first-order valence-corrected chi connectivity index (χ1v) is 7.94. The van der Waals surface area contributed by atoms with Crippen LogP contribution < -0.4 is 5.32 Å². The first-order chi connectivity index (χ1) is 11.1. The average Bonchev–Trinajstić information content (AvgIpc) is 2.54. The highest BCUT2D eigenvalue weighted by molar-refractivity contribution is 5.75. The maximum Gasteiger partial charge on any atom is 0.404 e. The number of amides is 1. The molecule has 1 amide bonds. The molecular weight excluding hydrogens is 298 g/mol. The molecule has 3 N–H and O–H groups in total. The molecule has 0 atom stereocenters. The standard InChI is InChI=1S/C16H23N3O4/c20-11-14-15(21)5-4-12(17-14)3-1-2-8-19-9-6-13(7-10-19)18-16(22)23/h4-5,11,13,18,21H,1-3,6-10H2,(H,22,23). The normalized spacial score (nSPS) is 16.2. The Labute approximate surface area is 135 Å². The summed E-state index contributed by atoms with van der Waals surface area (Å²) in [7, 11) is 0. The van der Waals surface area contributed by atoms with E-state index in [0.29, 0.717) is 6.29 Å². The summed E-state index contributed by atoms with van der Waals surface area (Å²) < 4.78 is 0. The average molecular weight is 321 g/mol. The molecule has 1 aromatic heterocycles. The maximum absolute atomic E-state index is 10.7. The molecule has 2 rings (SSSR count). The number of aryl methyl sites for hydroxylation is 1. The number of rotatable bonds is 7. The predicted octanol–water partition coefficient (Wildman–Crippen LogP) is 1.65. The highest BCUT2D eigenvalue weighted by Crippen LogP contribution is 2.15. The topological polar surface area (TPSA) is 103 Å². The van der Waals surface area contributed by atoms with Gasteiger partial charge in [0.15, 0.2) is 6.29 Å². The first kappa shape index (κ1) is 17.2. The van der Waals surface area contributed by atoms with Gasteiger partial charge in [-0.05, 0) is 50.8 Å². The van der Waals surface area contributed by atoms with Crippen molar-refractivity contribution in [2.45, 2.75) is 38.1 Å². The van der Waals surface area contributed by atoms with Gasteiger partial charge in [-0.2, -0.15) is 0 Å². The smallest absolute Gasteiger partial charge is 0.404 e. The Bertz CT molecular complexity index is 542. The number of carbonyl (C=O) groups excluding carboxylic acids is 1. The number of aldehydes is 1. The van der Waals surface area contributed by atoms with Crippen molar-refractivity contribution in [1.82, 2.24) is 15.2 Å². The second-order valence-electron chi connectivity index (χ2n) is 5.85. The number of likely N-dealkylation sites (tertiary alicyclic amines) is 1. The van der Waals surface area contributed by atoms with Gasteiger partial charge < -0.3 is 20.4 Å². The lowest BCUT2D eigenvalue weighted by molar-refractivity contribution is 0.111. The molecule has 7 nitrogen and oxygen atoms in total. The van der Waals surface area contributed by atoms with Crippen molar-refractivity contribution in [2.75, 3.05) is 19.6 Å². The Kier molecular flexibility index (Phi) is 6.34. The lowest BCUT2D eigenvalue weighted by Gasteiger charge is -2.31. The number of carbonyl (C=O) groups is 2. The third-order valence-corrected chi connectivity index (χ3v) is 4.14. The Morgan fingerprint density at radius 2 is 2.09 bits per heavy atom. The van der Waals surface area contributed by atoms with Crippen molar-refractivity contribution >= 4 is 12.4 Å². The summed E-state index contributed by atoms with van der Waals surface area (Å²) in [5.74, 6) is -0.0819. The highest BCUT2D eigenvalue weighted by Gasteiger charge is 2.19. The van der Waals surface area contributed by atoms with E-state index in [1.165, 1.54) is 6.07 Å².